The summed E-state index contributed by atoms with van der Waals surface area (Å²) in [6.45, 7) is 1.80. The predicted octanol–water partition coefficient (Wildman–Crippen LogP) is 4.14. The van der Waals surface area contributed by atoms with E-state index in [0.29, 0.717) is 11.3 Å². The van der Waals surface area contributed by atoms with Crippen LogP contribution in [-0.4, -0.2) is 24.5 Å². The molecule has 2 atom stereocenters. The van der Waals surface area contributed by atoms with Crippen LogP contribution in [0.15, 0.2) is 42.6 Å². The fourth-order valence-electron chi connectivity index (χ4n) is 4.27. The number of rotatable bonds is 5. The Morgan fingerprint density at radius 2 is 2.03 bits per heavy atom. The van der Waals surface area contributed by atoms with Crippen molar-refractivity contribution in [1.29, 1.82) is 0 Å². The van der Waals surface area contributed by atoms with E-state index >= 15 is 4.39 Å². The number of amides is 1. The van der Waals surface area contributed by atoms with E-state index in [4.69, 9.17) is 32.5 Å². The van der Waals surface area contributed by atoms with E-state index in [9.17, 15) is 9.18 Å². The van der Waals surface area contributed by atoms with Crippen molar-refractivity contribution in [2.75, 3.05) is 13.7 Å². The topological polar surface area (TPSA) is 100 Å². The number of carbonyl (C=O) groups excluding carboxylic acids is 1. The summed E-state index contributed by atoms with van der Waals surface area (Å²) in [6, 6.07) is 8.97. The van der Waals surface area contributed by atoms with Gasteiger partial charge in [-0.05, 0) is 24.3 Å². The molecule has 9 heteroatoms. The van der Waals surface area contributed by atoms with E-state index in [1.165, 1.54) is 19.2 Å². The molecule has 3 aromatic rings. The van der Waals surface area contributed by atoms with Crippen molar-refractivity contribution in [3.05, 3.63) is 76.1 Å². The van der Waals surface area contributed by atoms with Gasteiger partial charge in [0.05, 0.1) is 23.4 Å². The normalized spacial score (nSPS) is 19.4. The molecule has 4 rings (SSSR count). The molecule has 0 aliphatic carbocycles. The summed E-state index contributed by atoms with van der Waals surface area (Å²) in [7, 11) is 1.27. The molecule has 0 fully saturated rings. The molecule has 2 heterocycles. The number of pyridine rings is 1. The quantitative estimate of drug-likeness (QED) is 0.597. The molecule has 0 bridgehead atoms. The van der Waals surface area contributed by atoms with Crippen LogP contribution in [-0.2, 0) is 5.60 Å². The highest BCUT2D eigenvalue weighted by Gasteiger charge is 2.50. The van der Waals surface area contributed by atoms with Crippen LogP contribution < -0.4 is 20.9 Å². The van der Waals surface area contributed by atoms with E-state index in [1.54, 1.807) is 31.3 Å². The maximum absolute atomic E-state index is 15.5. The van der Waals surface area contributed by atoms with Crippen molar-refractivity contribution in [2.45, 2.75) is 18.4 Å². The van der Waals surface area contributed by atoms with Crippen molar-refractivity contribution in [2.24, 2.45) is 11.5 Å². The summed E-state index contributed by atoms with van der Waals surface area (Å²) in [5.41, 5.74) is 10.9. The first kappa shape index (κ1) is 22.0. The Bertz CT molecular complexity index is 1220. The van der Waals surface area contributed by atoms with E-state index in [0.717, 1.165) is 6.07 Å². The van der Waals surface area contributed by atoms with E-state index in [-0.39, 0.29) is 39.8 Å². The van der Waals surface area contributed by atoms with Gasteiger partial charge in [-0.15, -0.1) is 0 Å². The van der Waals surface area contributed by atoms with Gasteiger partial charge in [-0.1, -0.05) is 24.6 Å². The third-order valence-electron chi connectivity index (χ3n) is 5.89. The Kier molecular flexibility index (Phi) is 5.52. The first-order valence-corrected chi connectivity index (χ1v) is 10.1. The Morgan fingerprint density at radius 3 is 2.62 bits per heavy atom. The number of benzene rings is 2. The van der Waals surface area contributed by atoms with Gasteiger partial charge in [0.25, 0.3) is 0 Å². The lowest BCUT2D eigenvalue weighted by molar-refractivity contribution is 0.0752. The largest absolute Gasteiger partial charge is 0.494 e. The van der Waals surface area contributed by atoms with Gasteiger partial charge < -0.3 is 20.9 Å². The predicted molar refractivity (Wildman–Crippen MR) is 116 cm³/mol. The van der Waals surface area contributed by atoms with Crippen LogP contribution in [0.25, 0.3) is 11.1 Å². The van der Waals surface area contributed by atoms with Gasteiger partial charge in [-0.3, -0.25) is 9.78 Å². The molecule has 0 saturated heterocycles. The highest BCUT2D eigenvalue weighted by atomic mass is 35.5. The third-order valence-corrected chi connectivity index (χ3v) is 6.26. The Hall–Kier alpha value is -3.23. The highest BCUT2D eigenvalue weighted by molar-refractivity contribution is 6.34. The lowest BCUT2D eigenvalue weighted by Gasteiger charge is -2.31. The zero-order valence-corrected chi connectivity index (χ0v) is 18.0. The molecule has 1 aromatic heterocycles. The monoisotopic (exact) mass is 459 g/mol. The minimum atomic E-state index is -1.16. The number of aromatic nitrogens is 1. The van der Waals surface area contributed by atoms with E-state index in [1.807, 2.05) is 0 Å². The van der Waals surface area contributed by atoms with Crippen LogP contribution in [0.4, 0.5) is 8.78 Å². The number of hydrogen-bond acceptors (Lipinski definition) is 5. The summed E-state index contributed by atoms with van der Waals surface area (Å²) in [5, 5.41) is -0.373. The average molecular weight is 460 g/mol. The second-order valence-corrected chi connectivity index (χ2v) is 7.84. The Morgan fingerprint density at radius 1 is 1.28 bits per heavy atom. The molecule has 0 spiro atoms. The maximum atomic E-state index is 15.5. The number of ether oxygens (including phenoxy) is 2. The molecule has 2 aromatic carbocycles. The van der Waals surface area contributed by atoms with Crippen LogP contribution in [0.2, 0.25) is 5.02 Å². The highest BCUT2D eigenvalue weighted by Crippen LogP contribution is 2.55. The van der Waals surface area contributed by atoms with Gasteiger partial charge >= 0.3 is 0 Å². The Labute approximate surface area is 188 Å². The number of nitrogens with zero attached hydrogens (tertiary/aromatic N) is 1. The van der Waals surface area contributed by atoms with Crippen LogP contribution in [0.5, 0.6) is 11.5 Å². The van der Waals surface area contributed by atoms with Crippen molar-refractivity contribution < 1.29 is 23.0 Å². The van der Waals surface area contributed by atoms with Crippen LogP contribution in [0, 0.1) is 11.6 Å². The number of carbonyl (C=O) groups is 1. The fraction of sp³-hybridized carbons (Fsp3) is 0.217. The van der Waals surface area contributed by atoms with Crippen LogP contribution in [0.3, 0.4) is 0 Å². The third kappa shape index (κ3) is 3.10. The lowest BCUT2D eigenvalue weighted by Crippen LogP contribution is -2.42. The van der Waals surface area contributed by atoms with Gasteiger partial charge in [0.15, 0.2) is 17.2 Å². The van der Waals surface area contributed by atoms with Crippen molar-refractivity contribution >= 4 is 17.5 Å². The zero-order valence-electron chi connectivity index (χ0n) is 17.3. The first-order valence-electron chi connectivity index (χ1n) is 9.76. The summed E-state index contributed by atoms with van der Waals surface area (Å²) in [4.78, 5) is 16.5. The molecule has 4 N–H and O–H groups in total. The molecular formula is C23H20ClF2N3O3. The number of nitrogens with two attached hydrogens (primary N) is 2. The molecule has 166 valence electrons. The summed E-state index contributed by atoms with van der Waals surface area (Å²) in [5.74, 6) is -3.20. The van der Waals surface area contributed by atoms with Crippen LogP contribution in [0.1, 0.15) is 34.5 Å². The molecule has 6 nitrogen and oxygen atoms in total. The molecule has 2 unspecified atom stereocenters. The number of fused-ring (bicyclic) bond motifs is 1. The van der Waals surface area contributed by atoms with Crippen molar-refractivity contribution in [3.8, 4) is 22.6 Å². The fourth-order valence-corrected chi connectivity index (χ4v) is 4.52. The molecule has 0 saturated carbocycles. The average Bonchev–Trinajstić information content (AvgIpc) is 3.07. The van der Waals surface area contributed by atoms with Crippen molar-refractivity contribution in [3.63, 3.8) is 0 Å². The van der Waals surface area contributed by atoms with Crippen LogP contribution >= 0.6 is 11.6 Å². The van der Waals surface area contributed by atoms with E-state index in [2.05, 4.69) is 4.98 Å². The van der Waals surface area contributed by atoms with Gasteiger partial charge in [-0.2, -0.15) is 0 Å². The Balaban J connectivity index is 2.07. The number of primary amides is 1. The second kappa shape index (κ2) is 8.03. The molecule has 1 amide bonds. The number of hydrogen-bond donors (Lipinski definition) is 2. The molecule has 1 aliphatic rings. The second-order valence-electron chi connectivity index (χ2n) is 7.46. The van der Waals surface area contributed by atoms with Gasteiger partial charge in [0, 0.05) is 41.4 Å². The minimum Gasteiger partial charge on any atom is -0.494 e. The summed E-state index contributed by atoms with van der Waals surface area (Å²) >= 11 is 6.37. The molecule has 1 aliphatic heterocycles. The SMILES string of the molecule is COc1ccc(C(N)=O)c(-c2c(Cl)c(F)cc3c2C(C)C(CN)(c2ccccn2)O3)c1F. The van der Waals surface area contributed by atoms with Gasteiger partial charge in [0.2, 0.25) is 5.91 Å². The maximum Gasteiger partial charge on any atom is 0.249 e. The first-order chi connectivity index (χ1) is 15.3. The summed E-state index contributed by atoms with van der Waals surface area (Å²) in [6.07, 6.45) is 1.59. The van der Waals surface area contributed by atoms with E-state index < -0.39 is 29.1 Å². The lowest BCUT2D eigenvalue weighted by atomic mass is 9.79. The molecule has 32 heavy (non-hydrogen) atoms. The van der Waals surface area contributed by atoms with Gasteiger partial charge in [0.1, 0.15) is 11.6 Å². The summed E-state index contributed by atoms with van der Waals surface area (Å²) < 4.78 is 41.7. The van der Waals surface area contributed by atoms with Gasteiger partial charge in [-0.25, -0.2) is 8.78 Å². The molecular weight excluding hydrogens is 440 g/mol. The molecule has 0 radical (unpaired) electrons. The standard InChI is InChI=1S/C23H20ClF2N3O3/c1-11-17-15(32-23(11,10-27)16-5-3-4-8-29-16)9-13(25)20(24)19(17)18-12(22(28)30)6-7-14(31-2)21(18)26/h3-9,11H,10,27H2,1-2H3,(H2,28,30). The number of methoxy groups -OCH3 is 1. The van der Waals surface area contributed by atoms with Crippen molar-refractivity contribution in [1.82, 2.24) is 4.98 Å². The minimum absolute atomic E-state index is 0.00179. The number of halogens is 3. The smallest absolute Gasteiger partial charge is 0.249 e. The zero-order chi connectivity index (χ0) is 23.2.